The van der Waals surface area contributed by atoms with Gasteiger partial charge in [-0.25, -0.2) is 0 Å². The van der Waals surface area contributed by atoms with Crippen LogP contribution in [-0.2, 0) is 15.8 Å². The zero-order valence-electron chi connectivity index (χ0n) is 20.2. The third kappa shape index (κ3) is 6.70. The van der Waals surface area contributed by atoms with E-state index in [4.69, 9.17) is 13.9 Å². The lowest BCUT2D eigenvalue weighted by atomic mass is 9.94. The minimum atomic E-state index is -1.96. The molecule has 3 atom stereocenters. The van der Waals surface area contributed by atoms with E-state index in [1.54, 1.807) is 7.11 Å². The maximum Gasteiger partial charge on any atom is 0.200 e. The zero-order valence-corrected chi connectivity index (χ0v) is 21.2. The van der Waals surface area contributed by atoms with Gasteiger partial charge in [0.1, 0.15) is 5.75 Å². The first kappa shape index (κ1) is 25.9. The van der Waals surface area contributed by atoms with Crippen molar-refractivity contribution in [3.05, 3.63) is 42.5 Å². The van der Waals surface area contributed by atoms with E-state index in [0.717, 1.165) is 11.3 Å². The number of hydrogen-bond donors (Lipinski definition) is 0. The summed E-state index contributed by atoms with van der Waals surface area (Å²) in [5, 5.41) is 0. The van der Waals surface area contributed by atoms with Crippen LogP contribution in [0, 0.1) is 11.8 Å². The number of benzene rings is 1. The van der Waals surface area contributed by atoms with Gasteiger partial charge in [-0.3, -0.25) is 0 Å². The molecule has 0 saturated carbocycles. The Hall–Kier alpha value is -1.10. The van der Waals surface area contributed by atoms with Gasteiger partial charge in [-0.15, -0.1) is 6.58 Å². The van der Waals surface area contributed by atoms with E-state index < -0.39 is 8.32 Å². The standard InChI is InChI=1S/C25H44O3Si/c1-11-21(8)25(28-29(18(2)3,19(4)5)20(6)7)22(9)16-27-17-23-12-14-24(26-10)15-13-23/h11-15,18-22,25H,1,16-17H2,2-10H3/t21-,22+,25-/m0/s1. The first-order valence-corrected chi connectivity index (χ1v) is 13.2. The molecule has 0 unspecified atom stereocenters. The van der Waals surface area contributed by atoms with Crippen LogP contribution in [0.4, 0.5) is 0 Å². The number of methoxy groups -OCH3 is 1. The van der Waals surface area contributed by atoms with Crippen molar-refractivity contribution in [2.75, 3.05) is 13.7 Å². The third-order valence-corrected chi connectivity index (χ3v) is 12.4. The summed E-state index contributed by atoms with van der Waals surface area (Å²) in [6.07, 6.45) is 2.16. The van der Waals surface area contributed by atoms with Gasteiger partial charge in [-0.1, -0.05) is 73.6 Å². The Morgan fingerprint density at radius 2 is 1.41 bits per heavy atom. The highest BCUT2D eigenvalue weighted by atomic mass is 28.4. The molecule has 4 heteroatoms. The SMILES string of the molecule is C=C[C@H](C)[C@H](O[Si](C(C)C)(C(C)C)C(C)C)[C@H](C)COCc1ccc(OC)cc1. The highest BCUT2D eigenvalue weighted by Crippen LogP contribution is 2.44. The second kappa shape index (κ2) is 11.9. The van der Waals surface area contributed by atoms with Gasteiger partial charge in [0.25, 0.3) is 0 Å². The molecular formula is C25H44O3Si. The number of rotatable bonds is 13. The Morgan fingerprint density at radius 1 is 0.897 bits per heavy atom. The van der Waals surface area contributed by atoms with Crippen LogP contribution in [0.15, 0.2) is 36.9 Å². The van der Waals surface area contributed by atoms with Crippen molar-refractivity contribution in [3.8, 4) is 5.75 Å². The second-order valence-corrected chi connectivity index (χ2v) is 14.7. The van der Waals surface area contributed by atoms with Gasteiger partial charge in [-0.05, 0) is 40.2 Å². The van der Waals surface area contributed by atoms with Crippen molar-refractivity contribution in [3.63, 3.8) is 0 Å². The summed E-state index contributed by atoms with van der Waals surface area (Å²) in [4.78, 5) is 0. The molecule has 29 heavy (non-hydrogen) atoms. The minimum absolute atomic E-state index is 0.127. The Bertz CT molecular complexity index is 573. The monoisotopic (exact) mass is 420 g/mol. The highest BCUT2D eigenvalue weighted by molar-refractivity contribution is 6.77. The molecule has 0 amide bonds. The predicted molar refractivity (Wildman–Crippen MR) is 127 cm³/mol. The van der Waals surface area contributed by atoms with Gasteiger partial charge in [0.2, 0.25) is 8.32 Å². The summed E-state index contributed by atoms with van der Waals surface area (Å²) in [6.45, 7) is 23.8. The van der Waals surface area contributed by atoms with Crippen LogP contribution in [0.5, 0.6) is 5.75 Å². The zero-order chi connectivity index (χ0) is 22.2. The van der Waals surface area contributed by atoms with Crippen LogP contribution in [0.2, 0.25) is 16.6 Å². The van der Waals surface area contributed by atoms with Crippen molar-refractivity contribution < 1.29 is 13.9 Å². The van der Waals surface area contributed by atoms with Crippen molar-refractivity contribution >= 4 is 8.32 Å². The van der Waals surface area contributed by atoms with Crippen molar-refractivity contribution in [1.82, 2.24) is 0 Å². The van der Waals surface area contributed by atoms with E-state index in [2.05, 4.69) is 74.1 Å². The van der Waals surface area contributed by atoms with Gasteiger partial charge < -0.3 is 13.9 Å². The summed E-state index contributed by atoms with van der Waals surface area (Å²) >= 11 is 0. The van der Waals surface area contributed by atoms with Gasteiger partial charge in [0.05, 0.1) is 26.4 Å². The van der Waals surface area contributed by atoms with E-state index in [9.17, 15) is 0 Å². The van der Waals surface area contributed by atoms with Gasteiger partial charge in [-0.2, -0.15) is 0 Å². The van der Waals surface area contributed by atoms with Crippen LogP contribution in [0.25, 0.3) is 0 Å². The maximum absolute atomic E-state index is 7.14. The Labute approximate surface area is 181 Å². The second-order valence-electron chi connectivity index (χ2n) is 9.34. The normalized spacial score (nSPS) is 15.6. The van der Waals surface area contributed by atoms with Gasteiger partial charge >= 0.3 is 0 Å². The highest BCUT2D eigenvalue weighted by Gasteiger charge is 2.47. The molecule has 0 bridgehead atoms. The van der Waals surface area contributed by atoms with Crippen LogP contribution >= 0.6 is 0 Å². The molecule has 1 aromatic rings. The van der Waals surface area contributed by atoms with Crippen molar-refractivity contribution in [1.29, 1.82) is 0 Å². The van der Waals surface area contributed by atoms with Gasteiger partial charge in [0, 0.05) is 5.92 Å². The molecule has 3 nitrogen and oxygen atoms in total. The van der Waals surface area contributed by atoms with Crippen LogP contribution in [-0.4, -0.2) is 28.1 Å². The predicted octanol–water partition coefficient (Wildman–Crippen LogP) is 7.23. The average Bonchev–Trinajstić information content (AvgIpc) is 2.67. The van der Waals surface area contributed by atoms with Gasteiger partial charge in [0.15, 0.2) is 0 Å². The summed E-state index contributed by atoms with van der Waals surface area (Å²) in [6, 6.07) is 8.06. The quantitative estimate of drug-likeness (QED) is 0.249. The van der Waals surface area contributed by atoms with E-state index in [0.29, 0.717) is 35.8 Å². The Kier molecular flexibility index (Phi) is 10.7. The lowest BCUT2D eigenvalue weighted by Crippen LogP contribution is -2.52. The molecule has 0 saturated heterocycles. The number of ether oxygens (including phenoxy) is 2. The Morgan fingerprint density at radius 3 is 1.83 bits per heavy atom. The fourth-order valence-corrected chi connectivity index (χ4v) is 10.4. The lowest BCUT2D eigenvalue weighted by molar-refractivity contribution is 0.0176. The average molecular weight is 421 g/mol. The molecule has 1 rings (SSSR count). The summed E-state index contributed by atoms with van der Waals surface area (Å²) in [5.41, 5.74) is 2.85. The molecule has 0 heterocycles. The van der Waals surface area contributed by atoms with E-state index in [1.165, 1.54) is 0 Å². The fraction of sp³-hybridized carbons (Fsp3) is 0.680. The molecule has 0 aromatic heterocycles. The van der Waals surface area contributed by atoms with Crippen LogP contribution in [0.3, 0.4) is 0 Å². The molecule has 0 N–H and O–H groups in total. The van der Waals surface area contributed by atoms with Crippen LogP contribution in [0.1, 0.15) is 61.0 Å². The molecule has 0 fully saturated rings. The number of hydrogen-bond acceptors (Lipinski definition) is 3. The summed E-state index contributed by atoms with van der Waals surface area (Å²) in [7, 11) is -0.280. The van der Waals surface area contributed by atoms with Crippen LogP contribution < -0.4 is 4.74 Å². The van der Waals surface area contributed by atoms with E-state index in [1.807, 2.05) is 18.2 Å². The third-order valence-electron chi connectivity index (χ3n) is 6.31. The summed E-state index contributed by atoms with van der Waals surface area (Å²) in [5.74, 6) is 1.45. The first-order valence-electron chi connectivity index (χ1n) is 11.1. The van der Waals surface area contributed by atoms with Crippen molar-refractivity contribution in [2.24, 2.45) is 11.8 Å². The molecular weight excluding hydrogens is 376 g/mol. The molecule has 0 aliphatic heterocycles. The minimum Gasteiger partial charge on any atom is -0.497 e. The molecule has 1 aromatic carbocycles. The molecule has 166 valence electrons. The molecule has 0 spiro atoms. The smallest absolute Gasteiger partial charge is 0.200 e. The van der Waals surface area contributed by atoms with E-state index >= 15 is 0 Å². The Balaban J connectivity index is 2.88. The fourth-order valence-electron chi connectivity index (χ4n) is 4.70. The molecule has 0 aliphatic carbocycles. The topological polar surface area (TPSA) is 27.7 Å². The molecule has 0 radical (unpaired) electrons. The van der Waals surface area contributed by atoms with Crippen molar-refractivity contribution in [2.45, 2.75) is 84.7 Å². The van der Waals surface area contributed by atoms with E-state index in [-0.39, 0.29) is 12.0 Å². The first-order chi connectivity index (χ1) is 13.6. The maximum atomic E-state index is 7.14. The summed E-state index contributed by atoms with van der Waals surface area (Å²) < 4.78 is 18.5. The lowest BCUT2D eigenvalue weighted by Gasteiger charge is -2.47. The molecule has 0 aliphatic rings. The largest absolute Gasteiger partial charge is 0.497 e.